The van der Waals surface area contributed by atoms with E-state index in [1.807, 2.05) is 6.20 Å². The lowest BCUT2D eigenvalue weighted by Crippen LogP contribution is -2.74. The molecule has 32 heavy (non-hydrogen) atoms. The van der Waals surface area contributed by atoms with Gasteiger partial charge >= 0.3 is 0 Å². The van der Waals surface area contributed by atoms with Crippen molar-refractivity contribution < 1.29 is 4.74 Å². The Balaban J connectivity index is 1.50. The number of nitrogens with one attached hydrogen (secondary N) is 1. The number of morpholine rings is 1. The molecule has 0 unspecified atom stereocenters. The molecule has 10 nitrogen and oxygen atoms in total. The molecule has 0 bridgehead atoms. The van der Waals surface area contributed by atoms with Gasteiger partial charge in [0, 0.05) is 76.5 Å². The number of aromatic nitrogens is 2. The van der Waals surface area contributed by atoms with Crippen molar-refractivity contribution in [2.45, 2.75) is 31.3 Å². The monoisotopic (exact) mass is 439 g/mol. The predicted octanol–water partition coefficient (Wildman–Crippen LogP) is 0.440. The number of rotatable bonds is 7. The number of anilines is 2. The quantitative estimate of drug-likeness (QED) is 0.583. The summed E-state index contributed by atoms with van der Waals surface area (Å²) in [5.41, 5.74) is 7.25. The van der Waals surface area contributed by atoms with E-state index in [2.05, 4.69) is 43.0 Å². The largest absolute Gasteiger partial charge is 0.403 e. The zero-order valence-corrected chi connectivity index (χ0v) is 19.0. The third kappa shape index (κ3) is 4.41. The Morgan fingerprint density at radius 1 is 1.44 bits per heavy atom. The number of ether oxygens (including phenoxy) is 1. The molecule has 0 aromatic carbocycles. The van der Waals surface area contributed by atoms with Crippen LogP contribution in [0.15, 0.2) is 23.1 Å². The van der Waals surface area contributed by atoms with Crippen LogP contribution < -0.4 is 16.0 Å². The highest BCUT2D eigenvalue weighted by atomic mass is 16.5. The predicted molar refractivity (Wildman–Crippen MR) is 125 cm³/mol. The Morgan fingerprint density at radius 2 is 2.28 bits per heavy atom. The second-order valence-corrected chi connectivity index (χ2v) is 8.66. The molecule has 1 aromatic rings. The van der Waals surface area contributed by atoms with E-state index in [9.17, 15) is 5.26 Å². The van der Waals surface area contributed by atoms with Gasteiger partial charge in [-0.25, -0.2) is 4.98 Å². The Hall–Kier alpha value is -2.74. The minimum Gasteiger partial charge on any atom is -0.403 e. The number of hydrogen-bond acceptors (Lipinski definition) is 10. The number of allylic oxidation sites excluding steroid dienone is 1. The first-order valence-corrected chi connectivity index (χ1v) is 11.3. The first-order valence-electron chi connectivity index (χ1n) is 11.3. The van der Waals surface area contributed by atoms with E-state index in [1.54, 1.807) is 13.3 Å². The molecule has 10 heteroatoms. The number of nitrogens with two attached hydrogens (primary N) is 1. The number of piperazine rings is 1. The molecule has 0 amide bonds. The molecule has 4 rings (SSSR count). The summed E-state index contributed by atoms with van der Waals surface area (Å²) in [7, 11) is 1.69. The third-order valence-electron chi connectivity index (χ3n) is 6.71. The lowest BCUT2D eigenvalue weighted by atomic mass is 9.83. The molecule has 172 valence electrons. The summed E-state index contributed by atoms with van der Waals surface area (Å²) in [4.78, 5) is 20.5. The van der Waals surface area contributed by atoms with Crippen LogP contribution in [0.2, 0.25) is 0 Å². The molecule has 3 fully saturated rings. The Bertz CT molecular complexity index is 903. The van der Waals surface area contributed by atoms with Crippen LogP contribution in [0.25, 0.3) is 0 Å². The van der Waals surface area contributed by atoms with E-state index in [4.69, 9.17) is 15.5 Å². The van der Waals surface area contributed by atoms with Crippen molar-refractivity contribution in [2.75, 3.05) is 69.7 Å². The summed E-state index contributed by atoms with van der Waals surface area (Å²) in [6.45, 7) is 9.27. The fourth-order valence-corrected chi connectivity index (χ4v) is 4.93. The fourth-order valence-electron chi connectivity index (χ4n) is 4.93. The van der Waals surface area contributed by atoms with E-state index < -0.39 is 0 Å². The molecule has 0 spiro atoms. The van der Waals surface area contributed by atoms with Crippen molar-refractivity contribution in [2.24, 2.45) is 10.7 Å². The smallest absolute Gasteiger partial charge is 0.229 e. The molecule has 3 aliphatic rings. The topological polar surface area (TPSA) is 119 Å². The molecule has 0 saturated carbocycles. The van der Waals surface area contributed by atoms with E-state index in [0.29, 0.717) is 24.1 Å². The molecular weight excluding hydrogens is 406 g/mol. The van der Waals surface area contributed by atoms with Gasteiger partial charge in [0.05, 0.1) is 36.9 Å². The minimum atomic E-state index is -0.140. The van der Waals surface area contributed by atoms with Gasteiger partial charge < -0.3 is 20.7 Å². The summed E-state index contributed by atoms with van der Waals surface area (Å²) in [6.07, 6.45) is 6.30. The zero-order valence-electron chi connectivity index (χ0n) is 19.0. The van der Waals surface area contributed by atoms with Gasteiger partial charge in [0.25, 0.3) is 0 Å². The lowest BCUT2D eigenvalue weighted by Gasteiger charge is -2.59. The van der Waals surface area contributed by atoms with Crippen LogP contribution in [-0.2, 0) is 11.2 Å². The van der Waals surface area contributed by atoms with Gasteiger partial charge in [-0.3, -0.25) is 14.8 Å². The van der Waals surface area contributed by atoms with Crippen LogP contribution in [-0.4, -0.2) is 97.1 Å². The Morgan fingerprint density at radius 3 is 3.00 bits per heavy atom. The molecule has 3 N–H and O–H groups in total. The zero-order chi connectivity index (χ0) is 22.6. The molecule has 4 heterocycles. The standard InChI is InChI=1S/C22H33N9O/c1-3-17-11-26-21(27-18(10-24)12-25-2)28-20(17)30-15-22(16-30,4-5-23)31-7-6-29-8-9-32-14-19(29)13-31/h10-12,19H,3-4,6-9,13-16,24H2,1-2H3,(H,26,27,28)/b18-10+,25-12?/t19-/m1/s1. The average Bonchev–Trinajstić information content (AvgIpc) is 2.80. The summed E-state index contributed by atoms with van der Waals surface area (Å²) < 4.78 is 5.71. The normalized spacial score (nSPS) is 24.1. The van der Waals surface area contributed by atoms with Crippen LogP contribution in [0, 0.1) is 11.3 Å². The first-order chi connectivity index (χ1) is 15.6. The van der Waals surface area contributed by atoms with Gasteiger partial charge in [-0.1, -0.05) is 6.92 Å². The molecule has 0 radical (unpaired) electrons. The summed E-state index contributed by atoms with van der Waals surface area (Å²) in [5, 5.41) is 12.7. The third-order valence-corrected chi connectivity index (χ3v) is 6.71. The van der Waals surface area contributed by atoms with Crippen LogP contribution in [0.4, 0.5) is 11.8 Å². The molecule has 3 aliphatic heterocycles. The van der Waals surface area contributed by atoms with Gasteiger partial charge in [-0.15, -0.1) is 0 Å². The average molecular weight is 440 g/mol. The highest BCUT2D eigenvalue weighted by Gasteiger charge is 2.50. The van der Waals surface area contributed by atoms with E-state index >= 15 is 0 Å². The fraction of sp³-hybridized carbons (Fsp3) is 0.636. The first kappa shape index (κ1) is 22.5. The van der Waals surface area contributed by atoms with E-state index in [0.717, 1.165) is 70.3 Å². The second-order valence-electron chi connectivity index (χ2n) is 8.66. The Labute approximate surface area is 189 Å². The van der Waals surface area contributed by atoms with Crippen LogP contribution in [0.5, 0.6) is 0 Å². The SMILES string of the molecule is CCc1cnc(N/C(C=NC)=C/N)nc1N1CC(CC#N)(N2CCN3CCOC[C@H]3C2)C1. The van der Waals surface area contributed by atoms with Crippen molar-refractivity contribution >= 4 is 18.0 Å². The van der Waals surface area contributed by atoms with Crippen molar-refractivity contribution in [3.63, 3.8) is 0 Å². The molecule has 0 aliphatic carbocycles. The lowest BCUT2D eigenvalue weighted by molar-refractivity contribution is -0.0753. The number of hydrogen-bond donors (Lipinski definition) is 2. The number of aliphatic imine (C=N–C) groups is 1. The van der Waals surface area contributed by atoms with E-state index in [1.165, 1.54) is 6.20 Å². The van der Waals surface area contributed by atoms with Gasteiger partial charge in [0.1, 0.15) is 5.82 Å². The summed E-state index contributed by atoms with van der Waals surface area (Å²) >= 11 is 0. The van der Waals surface area contributed by atoms with Gasteiger partial charge in [0.2, 0.25) is 5.95 Å². The minimum absolute atomic E-state index is 0.140. The molecule has 1 aromatic heterocycles. The van der Waals surface area contributed by atoms with Crippen LogP contribution in [0.1, 0.15) is 18.9 Å². The van der Waals surface area contributed by atoms with Gasteiger partial charge in [-0.2, -0.15) is 10.2 Å². The van der Waals surface area contributed by atoms with Crippen LogP contribution >= 0.6 is 0 Å². The van der Waals surface area contributed by atoms with Crippen molar-refractivity contribution in [1.29, 1.82) is 5.26 Å². The maximum atomic E-state index is 9.61. The number of fused-ring (bicyclic) bond motifs is 1. The van der Waals surface area contributed by atoms with Gasteiger partial charge in [0.15, 0.2) is 0 Å². The van der Waals surface area contributed by atoms with Gasteiger partial charge in [-0.05, 0) is 6.42 Å². The van der Waals surface area contributed by atoms with Crippen molar-refractivity contribution in [3.05, 3.63) is 23.7 Å². The van der Waals surface area contributed by atoms with E-state index in [-0.39, 0.29) is 5.54 Å². The second kappa shape index (κ2) is 9.81. The van der Waals surface area contributed by atoms with Crippen LogP contribution in [0.3, 0.4) is 0 Å². The maximum Gasteiger partial charge on any atom is 0.229 e. The molecule has 1 atom stereocenters. The highest BCUT2D eigenvalue weighted by Crippen LogP contribution is 2.37. The number of nitriles is 1. The summed E-state index contributed by atoms with van der Waals surface area (Å²) in [6, 6.07) is 2.87. The van der Waals surface area contributed by atoms with Crippen molar-refractivity contribution in [3.8, 4) is 6.07 Å². The highest BCUT2D eigenvalue weighted by molar-refractivity contribution is 5.82. The molecular formula is C22H33N9O. The van der Waals surface area contributed by atoms with Crippen molar-refractivity contribution in [1.82, 2.24) is 19.8 Å². The number of aryl methyl sites for hydroxylation is 1. The Kier molecular flexibility index (Phi) is 6.89. The number of nitrogens with zero attached hydrogens (tertiary/aromatic N) is 7. The molecule has 3 saturated heterocycles. The summed E-state index contributed by atoms with van der Waals surface area (Å²) in [5.74, 6) is 1.41. The maximum absolute atomic E-state index is 9.61.